The highest BCUT2D eigenvalue weighted by atomic mass is 79.9. The molecule has 0 N–H and O–H groups in total. The second-order valence-corrected chi connectivity index (χ2v) is 3.98. The summed E-state index contributed by atoms with van der Waals surface area (Å²) < 4.78 is 2.67. The van der Waals surface area contributed by atoms with Gasteiger partial charge in [0.1, 0.15) is 4.47 Å². The summed E-state index contributed by atoms with van der Waals surface area (Å²) in [6.45, 7) is 2.66. The minimum absolute atomic E-state index is 0.0915. The largest absolute Gasteiger partial charge is 0.282 e. The molecule has 0 unspecified atom stereocenters. The third-order valence-electron chi connectivity index (χ3n) is 1.38. The number of aromatic nitrogens is 2. The van der Waals surface area contributed by atoms with Gasteiger partial charge in [-0.1, -0.05) is 6.92 Å². The van der Waals surface area contributed by atoms with E-state index in [0.29, 0.717) is 15.5 Å². The van der Waals surface area contributed by atoms with Crippen molar-refractivity contribution in [2.24, 2.45) is 0 Å². The van der Waals surface area contributed by atoms with Crippen LogP contribution in [0.5, 0.6) is 0 Å². The van der Waals surface area contributed by atoms with Crippen molar-refractivity contribution < 1.29 is 0 Å². The van der Waals surface area contributed by atoms with E-state index in [-0.39, 0.29) is 5.56 Å². The Labute approximate surface area is 87.0 Å². The highest BCUT2D eigenvalue weighted by Crippen LogP contribution is 2.16. The van der Waals surface area contributed by atoms with Gasteiger partial charge in [0, 0.05) is 6.54 Å². The van der Waals surface area contributed by atoms with Gasteiger partial charge in [0.15, 0.2) is 0 Å². The van der Waals surface area contributed by atoms with Crippen molar-refractivity contribution in [1.82, 2.24) is 9.78 Å². The number of nitrogens with zero attached hydrogens (tertiary/aromatic N) is 2. The molecular weight excluding hydrogens is 288 g/mol. The van der Waals surface area contributed by atoms with E-state index in [4.69, 9.17) is 0 Å². The van der Waals surface area contributed by atoms with Gasteiger partial charge in [0.2, 0.25) is 0 Å². The zero-order valence-corrected chi connectivity index (χ0v) is 9.72. The van der Waals surface area contributed by atoms with Gasteiger partial charge in [-0.25, -0.2) is 4.68 Å². The van der Waals surface area contributed by atoms with E-state index in [2.05, 4.69) is 37.0 Å². The molecule has 1 aromatic heterocycles. The normalized spacial score (nSPS) is 10.2. The van der Waals surface area contributed by atoms with Crippen LogP contribution < -0.4 is 5.56 Å². The average Bonchev–Trinajstić information content (AvgIpc) is 2.07. The first-order valence-corrected chi connectivity index (χ1v) is 5.16. The molecule has 12 heavy (non-hydrogen) atoms. The molecule has 0 aromatic carbocycles. The summed E-state index contributed by atoms with van der Waals surface area (Å²) in [6.07, 6.45) is 2.52. The van der Waals surface area contributed by atoms with Crippen LogP contribution in [-0.4, -0.2) is 9.78 Å². The third kappa shape index (κ3) is 1.95. The van der Waals surface area contributed by atoms with Crippen molar-refractivity contribution in [3.8, 4) is 0 Å². The van der Waals surface area contributed by atoms with Gasteiger partial charge in [-0.05, 0) is 38.3 Å². The minimum atomic E-state index is -0.0915. The summed E-state index contributed by atoms with van der Waals surface area (Å²) in [5, 5.41) is 3.96. The molecule has 0 amide bonds. The third-order valence-corrected chi connectivity index (χ3v) is 3.28. The Balaban J connectivity index is 3.18. The molecular formula is C7H8Br2N2O. The summed E-state index contributed by atoms with van der Waals surface area (Å²) >= 11 is 6.39. The van der Waals surface area contributed by atoms with Crippen LogP contribution in [0, 0.1) is 0 Å². The smallest absolute Gasteiger partial charge is 0.266 e. The average molecular weight is 296 g/mol. The predicted molar refractivity (Wildman–Crippen MR) is 54.2 cm³/mol. The first-order chi connectivity index (χ1) is 5.66. The maximum atomic E-state index is 11.4. The molecule has 0 aliphatic rings. The molecule has 0 radical (unpaired) electrons. The topological polar surface area (TPSA) is 34.9 Å². The molecule has 66 valence electrons. The highest BCUT2D eigenvalue weighted by Gasteiger charge is 2.04. The maximum Gasteiger partial charge on any atom is 0.282 e. The van der Waals surface area contributed by atoms with Crippen LogP contribution in [0.15, 0.2) is 19.9 Å². The quantitative estimate of drug-likeness (QED) is 0.838. The molecule has 1 heterocycles. The van der Waals surface area contributed by atoms with Crippen molar-refractivity contribution in [2.45, 2.75) is 19.9 Å². The van der Waals surface area contributed by atoms with Gasteiger partial charge < -0.3 is 0 Å². The lowest BCUT2D eigenvalue weighted by Gasteiger charge is -2.02. The summed E-state index contributed by atoms with van der Waals surface area (Å²) in [5.74, 6) is 0. The van der Waals surface area contributed by atoms with Crippen LogP contribution in [0.4, 0.5) is 0 Å². The molecule has 0 spiro atoms. The van der Waals surface area contributed by atoms with Crippen LogP contribution in [-0.2, 0) is 6.54 Å². The molecule has 0 fully saturated rings. The second kappa shape index (κ2) is 4.18. The molecule has 0 saturated heterocycles. The van der Waals surface area contributed by atoms with Crippen molar-refractivity contribution in [3.63, 3.8) is 0 Å². The number of hydrogen-bond donors (Lipinski definition) is 0. The first kappa shape index (κ1) is 9.92. The van der Waals surface area contributed by atoms with Gasteiger partial charge in [0.05, 0.1) is 10.7 Å². The standard InChI is InChI=1S/C7H8Br2N2O/c1-2-3-11-7(12)6(9)5(8)4-10-11/h4H,2-3H2,1H3. The molecule has 1 rings (SSSR count). The Morgan fingerprint density at radius 3 is 2.83 bits per heavy atom. The lowest BCUT2D eigenvalue weighted by atomic mass is 10.5. The van der Waals surface area contributed by atoms with E-state index >= 15 is 0 Å². The lowest BCUT2D eigenvalue weighted by molar-refractivity contribution is 0.563. The van der Waals surface area contributed by atoms with Crippen LogP contribution in [0.1, 0.15) is 13.3 Å². The van der Waals surface area contributed by atoms with E-state index < -0.39 is 0 Å². The highest BCUT2D eigenvalue weighted by molar-refractivity contribution is 9.13. The zero-order valence-electron chi connectivity index (χ0n) is 6.55. The Hall–Kier alpha value is -0.160. The van der Waals surface area contributed by atoms with Crippen molar-refractivity contribution in [3.05, 3.63) is 25.5 Å². The number of aryl methyl sites for hydroxylation is 1. The Bertz CT molecular complexity index is 335. The number of hydrogen-bond acceptors (Lipinski definition) is 2. The zero-order chi connectivity index (χ0) is 9.14. The fourth-order valence-electron chi connectivity index (χ4n) is 0.816. The van der Waals surface area contributed by atoms with Gasteiger partial charge in [-0.3, -0.25) is 4.79 Å². The molecule has 1 aromatic rings. The van der Waals surface area contributed by atoms with Crippen LogP contribution in [0.2, 0.25) is 0 Å². The van der Waals surface area contributed by atoms with E-state index in [1.165, 1.54) is 4.68 Å². The summed E-state index contributed by atoms with van der Waals surface area (Å²) in [5.41, 5.74) is -0.0915. The molecule has 0 atom stereocenters. The van der Waals surface area contributed by atoms with E-state index in [0.717, 1.165) is 6.42 Å². The predicted octanol–water partition coefficient (Wildman–Crippen LogP) is 2.18. The molecule has 3 nitrogen and oxygen atoms in total. The summed E-state index contributed by atoms with van der Waals surface area (Å²) in [7, 11) is 0. The lowest BCUT2D eigenvalue weighted by Crippen LogP contribution is -2.23. The van der Waals surface area contributed by atoms with E-state index in [1.54, 1.807) is 6.20 Å². The van der Waals surface area contributed by atoms with Crippen LogP contribution >= 0.6 is 31.9 Å². The molecule has 0 aliphatic carbocycles. The van der Waals surface area contributed by atoms with Gasteiger partial charge in [-0.2, -0.15) is 5.10 Å². The maximum absolute atomic E-state index is 11.4. The Kier molecular flexibility index (Phi) is 3.46. The van der Waals surface area contributed by atoms with E-state index in [9.17, 15) is 4.79 Å². The van der Waals surface area contributed by atoms with E-state index in [1.807, 2.05) is 6.92 Å². The summed E-state index contributed by atoms with van der Waals surface area (Å²) in [4.78, 5) is 11.4. The molecule has 0 saturated carbocycles. The summed E-state index contributed by atoms with van der Waals surface area (Å²) in [6, 6.07) is 0. The fourth-order valence-corrected chi connectivity index (χ4v) is 1.38. The Morgan fingerprint density at radius 2 is 2.25 bits per heavy atom. The monoisotopic (exact) mass is 294 g/mol. The van der Waals surface area contributed by atoms with Gasteiger partial charge in [0.25, 0.3) is 5.56 Å². The van der Waals surface area contributed by atoms with Crippen LogP contribution in [0.25, 0.3) is 0 Å². The number of halogens is 2. The van der Waals surface area contributed by atoms with Gasteiger partial charge >= 0.3 is 0 Å². The fraction of sp³-hybridized carbons (Fsp3) is 0.429. The molecule has 0 aliphatic heterocycles. The Morgan fingerprint density at radius 1 is 1.58 bits per heavy atom. The van der Waals surface area contributed by atoms with Crippen molar-refractivity contribution in [1.29, 1.82) is 0 Å². The first-order valence-electron chi connectivity index (χ1n) is 3.58. The van der Waals surface area contributed by atoms with Crippen LogP contribution in [0.3, 0.4) is 0 Å². The molecule has 0 bridgehead atoms. The van der Waals surface area contributed by atoms with Crippen molar-refractivity contribution in [2.75, 3.05) is 0 Å². The minimum Gasteiger partial charge on any atom is -0.266 e. The van der Waals surface area contributed by atoms with Gasteiger partial charge in [-0.15, -0.1) is 0 Å². The SMILES string of the molecule is CCCn1ncc(Br)c(Br)c1=O. The van der Waals surface area contributed by atoms with Crippen molar-refractivity contribution >= 4 is 31.9 Å². The number of rotatable bonds is 2. The molecule has 5 heteroatoms. The second-order valence-electron chi connectivity index (χ2n) is 2.33.